The lowest BCUT2D eigenvalue weighted by molar-refractivity contribution is -0.124. The number of anilines is 2. The highest BCUT2D eigenvalue weighted by atomic mass is 16.5. The van der Waals surface area contributed by atoms with Crippen LogP contribution in [0.3, 0.4) is 0 Å². The first-order valence-electron chi connectivity index (χ1n) is 12.4. The van der Waals surface area contributed by atoms with Crippen molar-refractivity contribution in [3.63, 3.8) is 0 Å². The Hall–Kier alpha value is -4.44. The van der Waals surface area contributed by atoms with Gasteiger partial charge in [-0.3, -0.25) is 14.4 Å². The minimum Gasteiger partial charge on any atom is -0.496 e. The van der Waals surface area contributed by atoms with E-state index in [1.807, 2.05) is 24.3 Å². The van der Waals surface area contributed by atoms with Crippen molar-refractivity contribution in [2.24, 2.45) is 0 Å². The minimum absolute atomic E-state index is 0.0448. The van der Waals surface area contributed by atoms with Gasteiger partial charge in [-0.2, -0.15) is 0 Å². The normalized spacial score (nSPS) is 18.1. The highest BCUT2D eigenvalue weighted by Crippen LogP contribution is 2.46. The first-order chi connectivity index (χ1) is 18.4. The fourth-order valence-electron chi connectivity index (χ4n) is 5.50. The van der Waals surface area contributed by atoms with E-state index >= 15 is 0 Å². The van der Waals surface area contributed by atoms with Crippen LogP contribution < -0.4 is 20.7 Å². The maximum Gasteiger partial charge on any atom is 0.272 e. The molecule has 0 bridgehead atoms. The number of hydrogen-bond donors (Lipinski definition) is 3. The van der Waals surface area contributed by atoms with Crippen LogP contribution in [0.15, 0.2) is 52.9 Å². The maximum atomic E-state index is 13.6. The SMILES string of the molecule is COc1cccc2c1C(=C(NC(=O)c1conc1C)C(=O)Nc1ccc3c(c1)NC(=O)C31CCOCC1)C2. The third-order valence-electron chi connectivity index (χ3n) is 7.59. The van der Waals surface area contributed by atoms with Gasteiger partial charge in [0.15, 0.2) is 0 Å². The fraction of sp³-hybridized carbons (Fsp3) is 0.286. The average Bonchev–Trinajstić information content (AvgIpc) is 3.44. The number of hydrogen-bond acceptors (Lipinski definition) is 7. The zero-order valence-corrected chi connectivity index (χ0v) is 21.0. The monoisotopic (exact) mass is 514 g/mol. The molecule has 10 nitrogen and oxygen atoms in total. The summed E-state index contributed by atoms with van der Waals surface area (Å²) in [7, 11) is 1.56. The minimum atomic E-state index is -0.597. The predicted octanol–water partition coefficient (Wildman–Crippen LogP) is 3.33. The zero-order valence-electron chi connectivity index (χ0n) is 21.0. The summed E-state index contributed by atoms with van der Waals surface area (Å²) in [6, 6.07) is 11.1. The number of methoxy groups -OCH3 is 1. The number of nitrogens with one attached hydrogen (secondary N) is 3. The van der Waals surface area contributed by atoms with Gasteiger partial charge in [0.2, 0.25) is 5.91 Å². The molecule has 1 aliphatic carbocycles. The lowest BCUT2D eigenvalue weighted by Gasteiger charge is -2.31. The Bertz CT molecular complexity index is 1520. The van der Waals surface area contributed by atoms with Gasteiger partial charge in [-0.1, -0.05) is 23.4 Å². The number of benzene rings is 2. The first kappa shape index (κ1) is 23.9. The molecule has 0 saturated carbocycles. The van der Waals surface area contributed by atoms with Crippen molar-refractivity contribution in [3.8, 4) is 5.75 Å². The molecule has 38 heavy (non-hydrogen) atoms. The topological polar surface area (TPSA) is 132 Å². The third kappa shape index (κ3) is 3.76. The van der Waals surface area contributed by atoms with Gasteiger partial charge in [0.1, 0.15) is 23.3 Å². The summed E-state index contributed by atoms with van der Waals surface area (Å²) < 4.78 is 15.9. The molecule has 0 radical (unpaired) electrons. The molecule has 2 aromatic carbocycles. The highest BCUT2D eigenvalue weighted by Gasteiger charge is 2.47. The second-order valence-electron chi connectivity index (χ2n) is 9.66. The number of rotatable bonds is 5. The van der Waals surface area contributed by atoms with E-state index in [0.717, 1.165) is 16.7 Å². The largest absolute Gasteiger partial charge is 0.496 e. The number of ether oxygens (including phenoxy) is 2. The van der Waals surface area contributed by atoms with Crippen molar-refractivity contribution in [2.75, 3.05) is 31.0 Å². The summed E-state index contributed by atoms with van der Waals surface area (Å²) in [6.45, 7) is 2.70. The molecule has 3 aromatic rings. The fourth-order valence-corrected chi connectivity index (χ4v) is 5.50. The molecule has 3 heterocycles. The summed E-state index contributed by atoms with van der Waals surface area (Å²) in [4.78, 5) is 39.6. The Morgan fingerprint density at radius 3 is 2.71 bits per heavy atom. The van der Waals surface area contributed by atoms with Crippen molar-refractivity contribution < 1.29 is 28.4 Å². The summed E-state index contributed by atoms with van der Waals surface area (Å²) in [6.07, 6.45) is 2.96. The predicted molar refractivity (Wildman–Crippen MR) is 138 cm³/mol. The molecule has 1 aromatic heterocycles. The molecule has 1 spiro atoms. The van der Waals surface area contributed by atoms with E-state index in [1.165, 1.54) is 6.26 Å². The van der Waals surface area contributed by atoms with Crippen LogP contribution in [0, 0.1) is 6.92 Å². The highest BCUT2D eigenvalue weighted by molar-refractivity contribution is 6.15. The maximum absolute atomic E-state index is 13.6. The van der Waals surface area contributed by atoms with E-state index < -0.39 is 17.2 Å². The second kappa shape index (κ2) is 9.14. The molecule has 2 aliphatic heterocycles. The van der Waals surface area contributed by atoms with Crippen LogP contribution in [0.1, 0.15) is 45.6 Å². The summed E-state index contributed by atoms with van der Waals surface area (Å²) >= 11 is 0. The second-order valence-corrected chi connectivity index (χ2v) is 9.66. The van der Waals surface area contributed by atoms with Gasteiger partial charge in [-0.25, -0.2) is 0 Å². The van der Waals surface area contributed by atoms with Crippen molar-refractivity contribution in [3.05, 3.63) is 76.3 Å². The number of carbonyl (C=O) groups excluding carboxylic acids is 3. The van der Waals surface area contributed by atoms with Crippen LogP contribution >= 0.6 is 0 Å². The smallest absolute Gasteiger partial charge is 0.272 e. The lowest BCUT2D eigenvalue weighted by atomic mass is 9.75. The van der Waals surface area contributed by atoms with Crippen LogP contribution in [-0.2, 0) is 26.2 Å². The number of carbonyl (C=O) groups is 3. The molecule has 1 fully saturated rings. The zero-order chi connectivity index (χ0) is 26.4. The van der Waals surface area contributed by atoms with E-state index in [-0.39, 0.29) is 17.2 Å². The molecule has 0 atom stereocenters. The van der Waals surface area contributed by atoms with Gasteiger partial charge < -0.3 is 29.9 Å². The quantitative estimate of drug-likeness (QED) is 0.445. The molecule has 194 valence electrons. The summed E-state index contributed by atoms with van der Waals surface area (Å²) in [5.74, 6) is -0.431. The Labute approximate surface area is 218 Å². The van der Waals surface area contributed by atoms with Crippen molar-refractivity contribution in [1.29, 1.82) is 0 Å². The number of allylic oxidation sites excluding steroid dienone is 1. The molecule has 10 heteroatoms. The Morgan fingerprint density at radius 1 is 1.16 bits per heavy atom. The number of aryl methyl sites for hydroxylation is 1. The van der Waals surface area contributed by atoms with Gasteiger partial charge in [-0.15, -0.1) is 0 Å². The van der Waals surface area contributed by atoms with E-state index in [0.29, 0.717) is 60.9 Å². The number of fused-ring (bicyclic) bond motifs is 3. The molecular weight excluding hydrogens is 488 g/mol. The van der Waals surface area contributed by atoms with Crippen molar-refractivity contribution >= 4 is 34.7 Å². The molecular formula is C28H26N4O6. The van der Waals surface area contributed by atoms with Gasteiger partial charge in [-0.05, 0) is 54.7 Å². The Kier molecular flexibility index (Phi) is 5.76. The first-order valence-corrected chi connectivity index (χ1v) is 12.4. The average molecular weight is 515 g/mol. The Balaban J connectivity index is 1.33. The summed E-state index contributed by atoms with van der Waals surface area (Å²) in [5.41, 5.74) is 4.69. The standard InChI is InChI=1S/C28H26N4O6/c1-15-19(14-38-32-15)25(33)31-24(18-12-16-4-3-5-22(36-2)23(16)18)26(34)29-17-6-7-20-21(13-17)30-27(35)28(20)8-10-37-11-9-28/h3-7,13-14H,8-12H2,1-2H3,(H,29,34)(H,30,35)(H,31,33). The van der Waals surface area contributed by atoms with E-state index in [1.54, 1.807) is 26.2 Å². The Morgan fingerprint density at radius 2 is 1.97 bits per heavy atom. The van der Waals surface area contributed by atoms with Gasteiger partial charge in [0.25, 0.3) is 11.8 Å². The van der Waals surface area contributed by atoms with E-state index in [2.05, 4.69) is 21.1 Å². The van der Waals surface area contributed by atoms with E-state index in [4.69, 9.17) is 14.0 Å². The number of aromatic nitrogens is 1. The van der Waals surface area contributed by atoms with Crippen LogP contribution in [0.25, 0.3) is 5.57 Å². The lowest BCUT2D eigenvalue weighted by Crippen LogP contribution is -2.39. The number of nitrogens with zero attached hydrogens (tertiary/aromatic N) is 1. The third-order valence-corrected chi connectivity index (χ3v) is 7.59. The summed E-state index contributed by atoms with van der Waals surface area (Å²) in [5, 5.41) is 12.4. The molecule has 6 rings (SSSR count). The van der Waals surface area contributed by atoms with Gasteiger partial charge >= 0.3 is 0 Å². The molecule has 1 saturated heterocycles. The van der Waals surface area contributed by atoms with Crippen LogP contribution in [0.2, 0.25) is 0 Å². The van der Waals surface area contributed by atoms with Gasteiger partial charge in [0.05, 0.1) is 18.2 Å². The van der Waals surface area contributed by atoms with Crippen LogP contribution in [-0.4, -0.2) is 43.2 Å². The van der Waals surface area contributed by atoms with Crippen molar-refractivity contribution in [1.82, 2.24) is 10.5 Å². The van der Waals surface area contributed by atoms with E-state index in [9.17, 15) is 14.4 Å². The van der Waals surface area contributed by atoms with Gasteiger partial charge in [0, 0.05) is 36.6 Å². The number of amides is 3. The molecule has 3 aliphatic rings. The van der Waals surface area contributed by atoms with Crippen molar-refractivity contribution in [2.45, 2.75) is 31.6 Å². The molecule has 0 unspecified atom stereocenters. The molecule has 3 amide bonds. The molecule has 3 N–H and O–H groups in total. The van der Waals surface area contributed by atoms with Crippen LogP contribution in [0.5, 0.6) is 5.75 Å². The van der Waals surface area contributed by atoms with Crippen LogP contribution in [0.4, 0.5) is 11.4 Å².